The standard InChI is InChI=1S/C17H23N5O/c1-17(7-3-4-9-21(17)2)16(23)22-10-12(11-22)14-13-6-5-8-18-15(13)20-19-14/h5-6,8,12H,3-4,7,9-11H2,1-2H3,(H,18,19,20). The first-order chi connectivity index (χ1) is 11.1. The largest absolute Gasteiger partial charge is 0.340 e. The number of piperidine rings is 1. The molecule has 1 unspecified atom stereocenters. The van der Waals surface area contributed by atoms with Gasteiger partial charge in [-0.25, -0.2) is 4.98 Å². The van der Waals surface area contributed by atoms with Crippen LogP contribution < -0.4 is 0 Å². The Morgan fingerprint density at radius 1 is 1.39 bits per heavy atom. The zero-order valence-electron chi connectivity index (χ0n) is 13.7. The van der Waals surface area contributed by atoms with Crippen LogP contribution in [0.2, 0.25) is 0 Å². The number of rotatable bonds is 2. The number of hydrogen-bond acceptors (Lipinski definition) is 4. The van der Waals surface area contributed by atoms with E-state index in [1.165, 1.54) is 6.42 Å². The lowest BCUT2D eigenvalue weighted by atomic mass is 9.84. The summed E-state index contributed by atoms with van der Waals surface area (Å²) in [5.41, 5.74) is 1.53. The van der Waals surface area contributed by atoms with Crippen LogP contribution in [-0.2, 0) is 4.79 Å². The van der Waals surface area contributed by atoms with E-state index in [-0.39, 0.29) is 11.4 Å². The van der Waals surface area contributed by atoms with E-state index in [0.29, 0.717) is 5.92 Å². The van der Waals surface area contributed by atoms with Crippen molar-refractivity contribution >= 4 is 16.9 Å². The van der Waals surface area contributed by atoms with E-state index in [9.17, 15) is 4.79 Å². The molecule has 122 valence electrons. The second kappa shape index (κ2) is 5.30. The molecule has 0 aliphatic carbocycles. The highest BCUT2D eigenvalue weighted by Gasteiger charge is 2.45. The third-order valence-electron chi connectivity index (χ3n) is 5.65. The second-order valence-electron chi connectivity index (χ2n) is 7.07. The number of pyridine rings is 1. The molecule has 2 aliphatic rings. The highest BCUT2D eigenvalue weighted by atomic mass is 16.2. The summed E-state index contributed by atoms with van der Waals surface area (Å²) in [4.78, 5) is 21.4. The van der Waals surface area contributed by atoms with Gasteiger partial charge in [0.05, 0.1) is 11.2 Å². The summed E-state index contributed by atoms with van der Waals surface area (Å²) < 4.78 is 0. The fourth-order valence-electron chi connectivity index (χ4n) is 3.87. The van der Waals surface area contributed by atoms with E-state index < -0.39 is 0 Å². The number of aromatic amines is 1. The number of H-pyrrole nitrogens is 1. The molecule has 0 bridgehead atoms. The van der Waals surface area contributed by atoms with E-state index >= 15 is 0 Å². The zero-order chi connectivity index (χ0) is 16.0. The average Bonchev–Trinajstić information content (AvgIpc) is 2.93. The van der Waals surface area contributed by atoms with E-state index in [1.807, 2.05) is 17.0 Å². The van der Waals surface area contributed by atoms with Gasteiger partial charge >= 0.3 is 0 Å². The van der Waals surface area contributed by atoms with Crippen LogP contribution >= 0.6 is 0 Å². The average molecular weight is 313 g/mol. The molecule has 0 spiro atoms. The fraction of sp³-hybridized carbons (Fsp3) is 0.588. The van der Waals surface area contributed by atoms with Crippen LogP contribution in [0.4, 0.5) is 0 Å². The molecular weight excluding hydrogens is 290 g/mol. The van der Waals surface area contributed by atoms with Crippen LogP contribution in [-0.4, -0.2) is 63.1 Å². The number of amides is 1. The summed E-state index contributed by atoms with van der Waals surface area (Å²) in [6.07, 6.45) is 5.04. The van der Waals surface area contributed by atoms with Crippen LogP contribution in [0.3, 0.4) is 0 Å². The molecule has 0 aromatic carbocycles. The van der Waals surface area contributed by atoms with Gasteiger partial charge in [-0.3, -0.25) is 14.8 Å². The first-order valence-electron chi connectivity index (χ1n) is 8.39. The maximum Gasteiger partial charge on any atom is 0.242 e. The monoisotopic (exact) mass is 313 g/mol. The van der Waals surface area contributed by atoms with E-state index in [1.54, 1.807) is 6.20 Å². The van der Waals surface area contributed by atoms with Crippen molar-refractivity contribution in [1.82, 2.24) is 25.0 Å². The molecule has 6 heteroatoms. The quantitative estimate of drug-likeness (QED) is 0.917. The minimum absolute atomic E-state index is 0.276. The van der Waals surface area contributed by atoms with Gasteiger partial charge in [0.2, 0.25) is 5.91 Å². The predicted molar refractivity (Wildman–Crippen MR) is 88.1 cm³/mol. The van der Waals surface area contributed by atoms with Crippen LogP contribution in [0.15, 0.2) is 18.3 Å². The maximum absolute atomic E-state index is 12.9. The molecule has 2 aromatic rings. The first-order valence-corrected chi connectivity index (χ1v) is 8.39. The number of aromatic nitrogens is 3. The van der Waals surface area contributed by atoms with Crippen molar-refractivity contribution in [2.45, 2.75) is 37.6 Å². The number of likely N-dealkylation sites (N-methyl/N-ethyl adjacent to an activating group) is 1. The molecule has 23 heavy (non-hydrogen) atoms. The van der Waals surface area contributed by atoms with Gasteiger partial charge in [-0.2, -0.15) is 5.10 Å². The van der Waals surface area contributed by atoms with Crippen molar-refractivity contribution < 1.29 is 4.79 Å². The van der Waals surface area contributed by atoms with E-state index in [0.717, 1.165) is 49.2 Å². The summed E-state index contributed by atoms with van der Waals surface area (Å²) in [5, 5.41) is 8.45. The van der Waals surface area contributed by atoms with Gasteiger partial charge in [0.15, 0.2) is 5.65 Å². The van der Waals surface area contributed by atoms with Crippen molar-refractivity contribution in [3.05, 3.63) is 24.0 Å². The van der Waals surface area contributed by atoms with Crippen LogP contribution in [0, 0.1) is 0 Å². The lowest BCUT2D eigenvalue weighted by molar-refractivity contribution is -0.149. The highest BCUT2D eigenvalue weighted by molar-refractivity contribution is 5.87. The number of nitrogens with zero attached hydrogens (tertiary/aromatic N) is 4. The molecule has 2 aliphatic heterocycles. The summed E-state index contributed by atoms with van der Waals surface area (Å²) in [6.45, 7) is 4.65. The Morgan fingerprint density at radius 3 is 3.00 bits per heavy atom. The summed E-state index contributed by atoms with van der Waals surface area (Å²) in [7, 11) is 2.07. The number of hydrogen-bond donors (Lipinski definition) is 1. The Morgan fingerprint density at radius 2 is 2.22 bits per heavy atom. The maximum atomic E-state index is 12.9. The molecule has 4 heterocycles. The van der Waals surface area contributed by atoms with E-state index in [4.69, 9.17) is 0 Å². The first kappa shape index (κ1) is 14.6. The lowest BCUT2D eigenvalue weighted by Gasteiger charge is -2.48. The van der Waals surface area contributed by atoms with Crippen molar-refractivity contribution in [2.75, 3.05) is 26.7 Å². The molecular formula is C17H23N5O. The minimum Gasteiger partial charge on any atom is -0.340 e. The number of likely N-dealkylation sites (tertiary alicyclic amines) is 2. The molecule has 4 rings (SSSR count). The normalized spacial score (nSPS) is 26.4. The number of fused-ring (bicyclic) bond motifs is 1. The zero-order valence-corrected chi connectivity index (χ0v) is 13.7. The molecule has 1 N–H and O–H groups in total. The van der Waals surface area contributed by atoms with Crippen LogP contribution in [0.25, 0.3) is 11.0 Å². The Bertz CT molecular complexity index is 735. The van der Waals surface area contributed by atoms with Crippen LogP contribution in [0.1, 0.15) is 37.8 Å². The van der Waals surface area contributed by atoms with Gasteiger partial charge in [0.25, 0.3) is 0 Å². The molecule has 2 aromatic heterocycles. The Balaban J connectivity index is 1.48. The minimum atomic E-state index is -0.333. The van der Waals surface area contributed by atoms with Gasteiger partial charge < -0.3 is 4.90 Å². The number of nitrogens with one attached hydrogen (secondary N) is 1. The highest BCUT2D eigenvalue weighted by Crippen LogP contribution is 2.35. The predicted octanol–water partition coefficient (Wildman–Crippen LogP) is 1.76. The Labute approximate surface area is 135 Å². The van der Waals surface area contributed by atoms with Gasteiger partial charge in [0.1, 0.15) is 0 Å². The molecule has 2 saturated heterocycles. The van der Waals surface area contributed by atoms with Gasteiger partial charge in [-0.05, 0) is 51.9 Å². The van der Waals surface area contributed by atoms with E-state index in [2.05, 4.69) is 34.1 Å². The molecule has 2 fully saturated rings. The molecule has 0 radical (unpaired) electrons. The molecule has 6 nitrogen and oxygen atoms in total. The summed E-state index contributed by atoms with van der Waals surface area (Å²) in [5.74, 6) is 0.614. The van der Waals surface area contributed by atoms with Crippen molar-refractivity contribution in [1.29, 1.82) is 0 Å². The molecule has 1 atom stereocenters. The van der Waals surface area contributed by atoms with Crippen molar-refractivity contribution in [3.63, 3.8) is 0 Å². The smallest absolute Gasteiger partial charge is 0.242 e. The fourth-order valence-corrected chi connectivity index (χ4v) is 3.87. The van der Waals surface area contributed by atoms with Crippen molar-refractivity contribution in [2.24, 2.45) is 0 Å². The van der Waals surface area contributed by atoms with Gasteiger partial charge in [-0.15, -0.1) is 0 Å². The molecule has 0 saturated carbocycles. The summed E-state index contributed by atoms with van der Waals surface area (Å²) in [6, 6.07) is 3.98. The Kier molecular flexibility index (Phi) is 3.37. The second-order valence-corrected chi connectivity index (χ2v) is 7.07. The van der Waals surface area contributed by atoms with Crippen LogP contribution in [0.5, 0.6) is 0 Å². The number of carbonyl (C=O) groups is 1. The SMILES string of the molecule is CN1CCCCC1(C)C(=O)N1CC(c2[nH]nc3ncccc23)C1. The number of carbonyl (C=O) groups excluding carboxylic acids is 1. The molecule has 1 amide bonds. The lowest BCUT2D eigenvalue weighted by Crippen LogP contribution is -2.62. The topological polar surface area (TPSA) is 65.1 Å². The third kappa shape index (κ3) is 2.24. The third-order valence-corrected chi connectivity index (χ3v) is 5.65. The van der Waals surface area contributed by atoms with Gasteiger partial charge in [0, 0.05) is 30.6 Å². The van der Waals surface area contributed by atoms with Gasteiger partial charge in [-0.1, -0.05) is 0 Å². The Hall–Kier alpha value is -1.95. The van der Waals surface area contributed by atoms with Crippen molar-refractivity contribution in [3.8, 4) is 0 Å². The summed E-state index contributed by atoms with van der Waals surface area (Å²) >= 11 is 0.